The monoisotopic (exact) mass is 476 g/mol. The SMILES string of the molecule is CNC(=O)Nc1ccc2c(c1)CC[C@]21OC(=O)N(CC(=O)N2Cc3ccccc3CC[C@H]2C)C1=O. The quantitative estimate of drug-likeness (QED) is 0.708. The van der Waals surface area contributed by atoms with Crippen LogP contribution in [-0.2, 0) is 39.3 Å². The number of hydrogen-bond donors (Lipinski definition) is 2. The topological polar surface area (TPSA) is 108 Å². The van der Waals surface area contributed by atoms with E-state index >= 15 is 0 Å². The molecule has 9 heteroatoms. The molecule has 0 radical (unpaired) electrons. The molecular formula is C26H28N4O5. The number of nitrogens with one attached hydrogen (secondary N) is 2. The van der Waals surface area contributed by atoms with Gasteiger partial charge in [-0.15, -0.1) is 0 Å². The molecule has 5 amide bonds. The normalized spacial score (nSPS) is 23.0. The summed E-state index contributed by atoms with van der Waals surface area (Å²) in [4.78, 5) is 54.0. The third-order valence-electron chi connectivity index (χ3n) is 7.28. The van der Waals surface area contributed by atoms with E-state index in [0.717, 1.165) is 28.9 Å². The minimum Gasteiger partial charge on any atom is -0.427 e. The van der Waals surface area contributed by atoms with Crippen molar-refractivity contribution in [3.63, 3.8) is 0 Å². The number of nitrogens with zero attached hydrogens (tertiary/aromatic N) is 2. The molecule has 1 aliphatic carbocycles. The molecular weight excluding hydrogens is 448 g/mol. The summed E-state index contributed by atoms with van der Waals surface area (Å²) < 4.78 is 5.67. The van der Waals surface area contributed by atoms with E-state index in [-0.39, 0.29) is 24.5 Å². The molecule has 9 nitrogen and oxygen atoms in total. The molecule has 5 rings (SSSR count). The van der Waals surface area contributed by atoms with Crippen LogP contribution in [0.15, 0.2) is 42.5 Å². The maximum absolute atomic E-state index is 13.5. The van der Waals surface area contributed by atoms with E-state index in [4.69, 9.17) is 4.74 Å². The number of urea groups is 1. The summed E-state index contributed by atoms with van der Waals surface area (Å²) in [6.45, 7) is 2.09. The Hall–Kier alpha value is -3.88. The molecule has 3 aliphatic rings. The van der Waals surface area contributed by atoms with Crippen molar-refractivity contribution in [1.82, 2.24) is 15.1 Å². The first kappa shape index (κ1) is 22.9. The smallest absolute Gasteiger partial charge is 0.418 e. The molecule has 1 spiro atoms. The highest BCUT2D eigenvalue weighted by molar-refractivity contribution is 6.06. The van der Waals surface area contributed by atoms with Gasteiger partial charge in [0.2, 0.25) is 11.5 Å². The van der Waals surface area contributed by atoms with Crippen molar-refractivity contribution in [2.24, 2.45) is 0 Å². The van der Waals surface area contributed by atoms with E-state index in [9.17, 15) is 19.2 Å². The van der Waals surface area contributed by atoms with E-state index in [1.54, 1.807) is 23.1 Å². The highest BCUT2D eigenvalue weighted by atomic mass is 16.6. The number of hydrogen-bond acceptors (Lipinski definition) is 5. The molecule has 2 heterocycles. The number of anilines is 1. The molecule has 1 fully saturated rings. The Balaban J connectivity index is 1.35. The van der Waals surface area contributed by atoms with Crippen molar-refractivity contribution < 1.29 is 23.9 Å². The standard InChI is InChI=1S/C26H28N4O5/c1-16-7-8-17-5-3-4-6-19(17)14-29(16)22(31)15-30-23(32)26(35-25(30)34)12-11-18-13-20(9-10-21(18)26)28-24(33)27-2/h3-6,9-10,13,16H,7-8,11-12,14-15H2,1-2H3,(H2,27,28,33)/t16-,26+/m1/s1. The van der Waals surface area contributed by atoms with Crippen LogP contribution >= 0.6 is 0 Å². The van der Waals surface area contributed by atoms with Crippen LogP contribution in [-0.4, -0.2) is 53.4 Å². The largest absolute Gasteiger partial charge is 0.427 e. The van der Waals surface area contributed by atoms with Crippen molar-refractivity contribution >= 4 is 29.6 Å². The zero-order valence-corrected chi connectivity index (χ0v) is 19.8. The number of ether oxygens (including phenoxy) is 1. The van der Waals surface area contributed by atoms with Gasteiger partial charge in [0.25, 0.3) is 5.91 Å². The number of carbonyl (C=O) groups excluding carboxylic acids is 4. The summed E-state index contributed by atoms with van der Waals surface area (Å²) in [5, 5.41) is 5.19. The lowest BCUT2D eigenvalue weighted by atomic mass is 9.94. The number of fused-ring (bicyclic) bond motifs is 3. The Morgan fingerprint density at radius 1 is 1.09 bits per heavy atom. The van der Waals surface area contributed by atoms with Crippen LogP contribution < -0.4 is 10.6 Å². The fraction of sp³-hybridized carbons (Fsp3) is 0.385. The molecule has 0 saturated carbocycles. The molecule has 2 atom stereocenters. The fourth-order valence-electron chi connectivity index (χ4n) is 5.30. The molecule has 0 aromatic heterocycles. The number of rotatable bonds is 3. The summed E-state index contributed by atoms with van der Waals surface area (Å²) in [6.07, 6.45) is 1.70. The molecule has 2 aromatic rings. The Kier molecular flexibility index (Phi) is 5.70. The molecule has 182 valence electrons. The second kappa shape index (κ2) is 8.72. The minimum atomic E-state index is -1.42. The van der Waals surface area contributed by atoms with Crippen molar-refractivity contribution in [2.45, 2.75) is 50.8 Å². The van der Waals surface area contributed by atoms with Crippen molar-refractivity contribution in [3.8, 4) is 0 Å². The first-order chi connectivity index (χ1) is 16.8. The predicted octanol–water partition coefficient (Wildman–Crippen LogP) is 2.92. The summed E-state index contributed by atoms with van der Waals surface area (Å²) in [7, 11) is 1.52. The molecule has 1 saturated heterocycles. The lowest BCUT2D eigenvalue weighted by Crippen LogP contribution is -2.46. The van der Waals surface area contributed by atoms with Gasteiger partial charge in [-0.05, 0) is 55.0 Å². The van der Waals surface area contributed by atoms with E-state index < -0.39 is 17.6 Å². The Morgan fingerprint density at radius 2 is 1.86 bits per heavy atom. The highest BCUT2D eigenvalue weighted by Crippen LogP contribution is 2.46. The molecule has 35 heavy (non-hydrogen) atoms. The molecule has 2 aliphatic heterocycles. The zero-order chi connectivity index (χ0) is 24.7. The van der Waals surface area contributed by atoms with Gasteiger partial charge in [-0.3, -0.25) is 9.59 Å². The number of carbonyl (C=O) groups is 4. The molecule has 0 bridgehead atoms. The summed E-state index contributed by atoms with van der Waals surface area (Å²) in [5.41, 5.74) is 2.89. The van der Waals surface area contributed by atoms with Gasteiger partial charge in [0.15, 0.2) is 0 Å². The van der Waals surface area contributed by atoms with Gasteiger partial charge in [-0.2, -0.15) is 0 Å². The van der Waals surface area contributed by atoms with Crippen LogP contribution in [0.4, 0.5) is 15.3 Å². The molecule has 0 unspecified atom stereocenters. The summed E-state index contributed by atoms with van der Waals surface area (Å²) in [6, 6.07) is 12.8. The lowest BCUT2D eigenvalue weighted by molar-refractivity contribution is -0.143. The van der Waals surface area contributed by atoms with Crippen LogP contribution in [0.5, 0.6) is 0 Å². The van der Waals surface area contributed by atoms with Crippen molar-refractivity contribution in [2.75, 3.05) is 18.9 Å². The number of amides is 5. The average molecular weight is 477 g/mol. The van der Waals surface area contributed by atoms with Crippen molar-refractivity contribution in [3.05, 3.63) is 64.7 Å². The third-order valence-corrected chi connectivity index (χ3v) is 7.28. The van der Waals surface area contributed by atoms with E-state index in [2.05, 4.69) is 16.7 Å². The van der Waals surface area contributed by atoms with Crippen LogP contribution in [0.2, 0.25) is 0 Å². The first-order valence-electron chi connectivity index (χ1n) is 11.9. The molecule has 2 aromatic carbocycles. The third kappa shape index (κ3) is 3.90. The predicted molar refractivity (Wildman–Crippen MR) is 127 cm³/mol. The number of aryl methyl sites for hydroxylation is 2. The maximum Gasteiger partial charge on any atom is 0.418 e. The minimum absolute atomic E-state index is 0.0176. The van der Waals surface area contributed by atoms with Gasteiger partial charge >= 0.3 is 12.1 Å². The van der Waals surface area contributed by atoms with Crippen molar-refractivity contribution in [1.29, 1.82) is 0 Å². The van der Waals surface area contributed by atoms with Gasteiger partial charge in [-0.1, -0.05) is 30.3 Å². The lowest BCUT2D eigenvalue weighted by Gasteiger charge is -2.28. The van der Waals surface area contributed by atoms with Gasteiger partial charge in [0.1, 0.15) is 6.54 Å². The number of imide groups is 1. The van der Waals surface area contributed by atoms with E-state index in [0.29, 0.717) is 30.6 Å². The van der Waals surface area contributed by atoms with Crippen LogP contribution in [0, 0.1) is 0 Å². The zero-order valence-electron chi connectivity index (χ0n) is 19.8. The van der Waals surface area contributed by atoms with Crippen LogP contribution in [0.25, 0.3) is 0 Å². The van der Waals surface area contributed by atoms with Crippen LogP contribution in [0.1, 0.15) is 42.0 Å². The van der Waals surface area contributed by atoms with Gasteiger partial charge in [0.05, 0.1) is 0 Å². The first-order valence-corrected chi connectivity index (χ1v) is 11.9. The highest BCUT2D eigenvalue weighted by Gasteiger charge is 2.58. The second-order valence-electron chi connectivity index (χ2n) is 9.34. The van der Waals surface area contributed by atoms with Crippen LogP contribution in [0.3, 0.4) is 0 Å². The van der Waals surface area contributed by atoms with E-state index in [1.807, 2.05) is 25.1 Å². The second-order valence-corrected chi connectivity index (χ2v) is 9.34. The Morgan fingerprint density at radius 3 is 2.63 bits per heavy atom. The Bertz CT molecular complexity index is 1230. The maximum atomic E-state index is 13.5. The Labute approximate surface area is 203 Å². The van der Waals surface area contributed by atoms with Gasteiger partial charge in [0, 0.05) is 37.3 Å². The average Bonchev–Trinajstić information content (AvgIpc) is 3.25. The fourth-order valence-corrected chi connectivity index (χ4v) is 5.30. The van der Waals surface area contributed by atoms with E-state index in [1.165, 1.54) is 12.6 Å². The van der Waals surface area contributed by atoms with Gasteiger partial charge in [-0.25, -0.2) is 14.5 Å². The molecule has 2 N–H and O–H groups in total. The number of benzene rings is 2. The summed E-state index contributed by atoms with van der Waals surface area (Å²) >= 11 is 0. The van der Waals surface area contributed by atoms with Gasteiger partial charge < -0.3 is 20.3 Å². The summed E-state index contributed by atoms with van der Waals surface area (Å²) in [5.74, 6) is -0.788.